The first kappa shape index (κ1) is 14.8. The minimum Gasteiger partial charge on any atom is -0.547 e. The molecular weight excluding hydrogens is 200 g/mol. The van der Waals surface area contributed by atoms with Crippen molar-refractivity contribution in [2.75, 3.05) is 0 Å². The van der Waals surface area contributed by atoms with Crippen molar-refractivity contribution in [2.45, 2.75) is 72.5 Å². The standard InChI is InChI=1S/C13H28OSi/c1-7-10-11-13(12(8-2)9-3)14-15(4,5)6/h7-11H2,1-6H3. The summed E-state index contributed by atoms with van der Waals surface area (Å²) < 4.78 is 6.20. The molecule has 0 radical (unpaired) electrons. The molecule has 0 amide bonds. The van der Waals surface area contributed by atoms with E-state index in [1.165, 1.54) is 24.2 Å². The van der Waals surface area contributed by atoms with Crippen molar-refractivity contribution in [3.05, 3.63) is 11.3 Å². The number of hydrogen-bond acceptors (Lipinski definition) is 1. The van der Waals surface area contributed by atoms with E-state index >= 15 is 0 Å². The van der Waals surface area contributed by atoms with Crippen LogP contribution >= 0.6 is 0 Å². The summed E-state index contributed by atoms with van der Waals surface area (Å²) in [5, 5.41) is 0. The van der Waals surface area contributed by atoms with Crippen LogP contribution in [-0.4, -0.2) is 8.32 Å². The fourth-order valence-corrected chi connectivity index (χ4v) is 2.64. The van der Waals surface area contributed by atoms with Gasteiger partial charge in [-0.25, -0.2) is 0 Å². The third kappa shape index (κ3) is 6.77. The molecule has 0 spiro atoms. The first-order chi connectivity index (χ1) is 6.94. The molecule has 0 heterocycles. The zero-order valence-corrected chi connectivity index (χ0v) is 12.4. The summed E-state index contributed by atoms with van der Waals surface area (Å²) in [5.41, 5.74) is 1.52. The Morgan fingerprint density at radius 3 is 1.87 bits per heavy atom. The van der Waals surface area contributed by atoms with Crippen molar-refractivity contribution in [3.8, 4) is 0 Å². The lowest BCUT2D eigenvalue weighted by Gasteiger charge is -2.24. The van der Waals surface area contributed by atoms with Gasteiger partial charge in [0.25, 0.3) is 0 Å². The Bertz CT molecular complexity index is 195. The van der Waals surface area contributed by atoms with E-state index in [0.717, 1.165) is 19.3 Å². The number of hydrogen-bond donors (Lipinski definition) is 0. The average Bonchev–Trinajstić information content (AvgIpc) is 2.13. The van der Waals surface area contributed by atoms with Crippen molar-refractivity contribution in [1.82, 2.24) is 0 Å². The molecule has 0 fully saturated rings. The molecule has 1 nitrogen and oxygen atoms in total. The van der Waals surface area contributed by atoms with E-state index in [0.29, 0.717) is 0 Å². The van der Waals surface area contributed by atoms with Crippen molar-refractivity contribution in [3.63, 3.8) is 0 Å². The zero-order valence-electron chi connectivity index (χ0n) is 11.4. The van der Waals surface area contributed by atoms with Crippen molar-refractivity contribution in [2.24, 2.45) is 0 Å². The van der Waals surface area contributed by atoms with Crippen molar-refractivity contribution >= 4 is 8.32 Å². The third-order valence-electron chi connectivity index (χ3n) is 2.43. The van der Waals surface area contributed by atoms with Crippen molar-refractivity contribution in [1.29, 1.82) is 0 Å². The van der Waals surface area contributed by atoms with Gasteiger partial charge < -0.3 is 4.43 Å². The van der Waals surface area contributed by atoms with Crippen LogP contribution in [0.3, 0.4) is 0 Å². The molecule has 0 atom stereocenters. The molecule has 0 aromatic heterocycles. The molecule has 15 heavy (non-hydrogen) atoms. The smallest absolute Gasteiger partial charge is 0.241 e. The quantitative estimate of drug-likeness (QED) is 0.435. The van der Waals surface area contributed by atoms with Crippen LogP contribution in [0.15, 0.2) is 11.3 Å². The molecule has 2 heteroatoms. The van der Waals surface area contributed by atoms with Crippen LogP contribution in [-0.2, 0) is 4.43 Å². The summed E-state index contributed by atoms with van der Waals surface area (Å²) in [6.45, 7) is 13.5. The maximum absolute atomic E-state index is 6.20. The van der Waals surface area contributed by atoms with E-state index in [1.807, 2.05) is 0 Å². The van der Waals surface area contributed by atoms with Gasteiger partial charge in [-0.05, 0) is 44.5 Å². The highest BCUT2D eigenvalue weighted by Crippen LogP contribution is 2.23. The summed E-state index contributed by atoms with van der Waals surface area (Å²) in [6, 6.07) is 0. The summed E-state index contributed by atoms with van der Waals surface area (Å²) in [7, 11) is -1.42. The number of rotatable bonds is 7. The Morgan fingerprint density at radius 2 is 1.53 bits per heavy atom. The van der Waals surface area contributed by atoms with Gasteiger partial charge in [-0.15, -0.1) is 0 Å². The zero-order chi connectivity index (χ0) is 11.9. The normalized spacial score (nSPS) is 11.3. The lowest BCUT2D eigenvalue weighted by Crippen LogP contribution is -2.25. The Morgan fingerprint density at radius 1 is 1.00 bits per heavy atom. The molecule has 0 saturated carbocycles. The van der Waals surface area contributed by atoms with E-state index in [1.54, 1.807) is 0 Å². The molecule has 90 valence electrons. The van der Waals surface area contributed by atoms with Gasteiger partial charge in [-0.2, -0.15) is 0 Å². The monoisotopic (exact) mass is 228 g/mol. The van der Waals surface area contributed by atoms with E-state index in [2.05, 4.69) is 40.4 Å². The second-order valence-electron chi connectivity index (χ2n) is 5.05. The van der Waals surface area contributed by atoms with Crippen LogP contribution in [0.4, 0.5) is 0 Å². The largest absolute Gasteiger partial charge is 0.547 e. The molecule has 0 aromatic rings. The minimum absolute atomic E-state index is 1.14. The van der Waals surface area contributed by atoms with E-state index in [9.17, 15) is 0 Å². The average molecular weight is 228 g/mol. The van der Waals surface area contributed by atoms with Gasteiger partial charge in [0.1, 0.15) is 0 Å². The molecular formula is C13H28OSi. The molecule has 0 unspecified atom stereocenters. The molecule has 0 rings (SSSR count). The summed E-state index contributed by atoms with van der Waals surface area (Å²) in [5.74, 6) is 1.31. The van der Waals surface area contributed by atoms with Gasteiger partial charge in [0.15, 0.2) is 0 Å². The highest BCUT2D eigenvalue weighted by atomic mass is 28.4. The van der Waals surface area contributed by atoms with Gasteiger partial charge >= 0.3 is 0 Å². The predicted molar refractivity (Wildman–Crippen MR) is 71.6 cm³/mol. The van der Waals surface area contributed by atoms with Crippen LogP contribution in [0, 0.1) is 0 Å². The fourth-order valence-electron chi connectivity index (χ4n) is 1.65. The lowest BCUT2D eigenvalue weighted by atomic mass is 10.1. The topological polar surface area (TPSA) is 9.23 Å². The van der Waals surface area contributed by atoms with E-state index < -0.39 is 8.32 Å². The van der Waals surface area contributed by atoms with Crippen LogP contribution in [0.25, 0.3) is 0 Å². The van der Waals surface area contributed by atoms with Crippen LogP contribution in [0.5, 0.6) is 0 Å². The SMILES string of the molecule is CCCCC(O[Si](C)(C)C)=C(CC)CC. The first-order valence-electron chi connectivity index (χ1n) is 6.34. The van der Waals surface area contributed by atoms with Gasteiger partial charge in [0.05, 0.1) is 5.76 Å². The van der Waals surface area contributed by atoms with Gasteiger partial charge in [0, 0.05) is 6.42 Å². The van der Waals surface area contributed by atoms with Gasteiger partial charge in [-0.1, -0.05) is 27.2 Å². The second-order valence-corrected chi connectivity index (χ2v) is 9.48. The third-order valence-corrected chi connectivity index (χ3v) is 3.29. The molecule has 0 N–H and O–H groups in total. The first-order valence-corrected chi connectivity index (χ1v) is 9.75. The number of allylic oxidation sites excluding steroid dienone is 2. The van der Waals surface area contributed by atoms with E-state index in [4.69, 9.17) is 4.43 Å². The number of unbranched alkanes of at least 4 members (excludes halogenated alkanes) is 1. The van der Waals surface area contributed by atoms with Crippen LogP contribution < -0.4 is 0 Å². The fraction of sp³-hybridized carbons (Fsp3) is 0.846. The molecule has 0 aliphatic carbocycles. The van der Waals surface area contributed by atoms with E-state index in [-0.39, 0.29) is 0 Å². The van der Waals surface area contributed by atoms with Crippen molar-refractivity contribution < 1.29 is 4.43 Å². The van der Waals surface area contributed by atoms with Gasteiger partial charge in [0.2, 0.25) is 8.32 Å². The van der Waals surface area contributed by atoms with Gasteiger partial charge in [-0.3, -0.25) is 0 Å². The Hall–Kier alpha value is -0.243. The minimum atomic E-state index is -1.42. The summed E-state index contributed by atoms with van der Waals surface area (Å²) in [6.07, 6.45) is 5.92. The molecule has 0 bridgehead atoms. The van der Waals surface area contributed by atoms with Crippen LogP contribution in [0.2, 0.25) is 19.6 Å². The predicted octanol–water partition coefficient (Wildman–Crippen LogP) is 5.10. The summed E-state index contributed by atoms with van der Waals surface area (Å²) in [4.78, 5) is 0. The summed E-state index contributed by atoms with van der Waals surface area (Å²) >= 11 is 0. The molecule has 0 aliphatic rings. The molecule has 0 saturated heterocycles. The highest BCUT2D eigenvalue weighted by molar-refractivity contribution is 6.70. The maximum atomic E-state index is 6.20. The Labute approximate surface area is 97.0 Å². The maximum Gasteiger partial charge on any atom is 0.241 e. The molecule has 0 aromatic carbocycles. The highest BCUT2D eigenvalue weighted by Gasteiger charge is 2.18. The Kier molecular flexibility index (Phi) is 6.99. The second kappa shape index (κ2) is 7.10. The lowest BCUT2D eigenvalue weighted by molar-refractivity contribution is 0.383. The Balaban J connectivity index is 4.63. The van der Waals surface area contributed by atoms with Crippen LogP contribution in [0.1, 0.15) is 52.9 Å². The molecule has 0 aliphatic heterocycles.